The van der Waals surface area contributed by atoms with Gasteiger partial charge in [-0.1, -0.05) is 50.3 Å². The molecule has 1 aliphatic carbocycles. The maximum Gasteiger partial charge on any atom is 0.204 e. The van der Waals surface area contributed by atoms with E-state index in [0.717, 1.165) is 22.6 Å². The Kier molecular flexibility index (Phi) is 3.42. The molecule has 4 rings (SSSR count). The van der Waals surface area contributed by atoms with E-state index in [1.165, 1.54) is 5.56 Å². The quantitative estimate of drug-likeness (QED) is 0.801. The summed E-state index contributed by atoms with van der Waals surface area (Å²) in [6, 6.07) is 11.9. The predicted molar refractivity (Wildman–Crippen MR) is 101 cm³/mol. The molecule has 0 bridgehead atoms. The van der Waals surface area contributed by atoms with Crippen molar-refractivity contribution in [2.45, 2.75) is 19.3 Å². The van der Waals surface area contributed by atoms with Crippen molar-refractivity contribution in [1.29, 1.82) is 0 Å². The van der Waals surface area contributed by atoms with Gasteiger partial charge < -0.3 is 4.90 Å². The van der Waals surface area contributed by atoms with Crippen LogP contribution in [0.2, 0.25) is 0 Å². The first-order valence-electron chi connectivity index (χ1n) is 8.29. The Morgan fingerprint density at radius 1 is 1.12 bits per heavy atom. The van der Waals surface area contributed by atoms with E-state index < -0.39 is 0 Å². The normalized spacial score (nSPS) is 20.9. The van der Waals surface area contributed by atoms with Crippen LogP contribution in [0.4, 0.5) is 5.82 Å². The van der Waals surface area contributed by atoms with Crippen LogP contribution in [0, 0.1) is 0 Å². The molecule has 0 atom stereocenters. The molecule has 0 unspecified atom stereocenters. The lowest BCUT2D eigenvalue weighted by atomic mass is 9.85. The molecule has 1 aromatic heterocycles. The summed E-state index contributed by atoms with van der Waals surface area (Å²) < 4.78 is 0. The minimum Gasteiger partial charge on any atom is -0.331 e. The van der Waals surface area contributed by atoms with Gasteiger partial charge in [0.1, 0.15) is 11.5 Å². The first-order chi connectivity index (χ1) is 12.0. The monoisotopic (exact) mass is 329 g/mol. The number of carbonyl (C=O) groups excluding carboxylic acids is 1. The van der Waals surface area contributed by atoms with E-state index in [-0.39, 0.29) is 11.2 Å². The van der Waals surface area contributed by atoms with Gasteiger partial charge in [0.15, 0.2) is 0 Å². The fourth-order valence-corrected chi connectivity index (χ4v) is 3.57. The van der Waals surface area contributed by atoms with Gasteiger partial charge in [0.05, 0.1) is 0 Å². The predicted octanol–water partition coefficient (Wildman–Crippen LogP) is 3.74. The van der Waals surface area contributed by atoms with Crippen LogP contribution in [0.1, 0.15) is 30.5 Å². The molecule has 0 radical (unpaired) electrons. The van der Waals surface area contributed by atoms with Crippen LogP contribution < -0.4 is 4.90 Å². The number of aromatic nitrogens is 1. The van der Waals surface area contributed by atoms with Gasteiger partial charge in [0.2, 0.25) is 5.78 Å². The summed E-state index contributed by atoms with van der Waals surface area (Å²) in [5.74, 6) is 0.874. The summed E-state index contributed by atoms with van der Waals surface area (Å²) in [5, 5.41) is 0. The standard InChI is InChI=1S/C21H19N3O/c1-21(2)16-9-6-12-22-20(16)24(3)18(21)13-23-19-15-8-5-4-7-14(15)10-11-17(19)25/h4-13H,1-3H3/b18-13-,23-19?. The number of anilines is 1. The number of aliphatic imine (C=N–C) groups is 1. The van der Waals surface area contributed by atoms with Crippen LogP contribution in [-0.2, 0) is 10.2 Å². The summed E-state index contributed by atoms with van der Waals surface area (Å²) in [6.07, 6.45) is 7.03. The molecule has 0 N–H and O–H groups in total. The number of pyridine rings is 1. The topological polar surface area (TPSA) is 45.6 Å². The third-order valence-electron chi connectivity index (χ3n) is 4.96. The molecular weight excluding hydrogens is 310 g/mol. The highest BCUT2D eigenvalue weighted by molar-refractivity contribution is 6.52. The largest absolute Gasteiger partial charge is 0.331 e. The summed E-state index contributed by atoms with van der Waals surface area (Å²) >= 11 is 0. The third-order valence-corrected chi connectivity index (χ3v) is 4.96. The van der Waals surface area contributed by atoms with Gasteiger partial charge in [-0.05, 0) is 17.7 Å². The minimum absolute atomic E-state index is 0.0651. The molecular formula is C21H19N3O. The molecule has 0 saturated heterocycles. The Morgan fingerprint density at radius 3 is 2.72 bits per heavy atom. The maximum absolute atomic E-state index is 12.4. The van der Waals surface area contributed by atoms with Crippen molar-refractivity contribution in [3.63, 3.8) is 0 Å². The molecule has 124 valence electrons. The van der Waals surface area contributed by atoms with Crippen LogP contribution in [-0.4, -0.2) is 23.5 Å². The van der Waals surface area contributed by atoms with Crippen molar-refractivity contribution < 1.29 is 4.79 Å². The molecule has 0 amide bonds. The van der Waals surface area contributed by atoms with E-state index in [2.05, 4.69) is 34.8 Å². The fraction of sp³-hybridized carbons (Fsp3) is 0.190. The van der Waals surface area contributed by atoms with Crippen molar-refractivity contribution in [2.75, 3.05) is 11.9 Å². The number of likely N-dealkylation sites (N-methyl/N-ethyl adjacent to an activating group) is 1. The molecule has 2 aromatic rings. The molecule has 25 heavy (non-hydrogen) atoms. The number of ketones is 1. The van der Waals surface area contributed by atoms with Crippen molar-refractivity contribution in [3.8, 4) is 0 Å². The van der Waals surface area contributed by atoms with Gasteiger partial charge in [0.25, 0.3) is 0 Å². The lowest BCUT2D eigenvalue weighted by Crippen LogP contribution is -2.23. The molecule has 4 heteroatoms. The number of fused-ring (bicyclic) bond motifs is 2. The Hall–Kier alpha value is -3.01. The number of carbonyl (C=O) groups is 1. The smallest absolute Gasteiger partial charge is 0.204 e. The van der Waals surface area contributed by atoms with Crippen molar-refractivity contribution in [1.82, 2.24) is 4.98 Å². The number of allylic oxidation sites excluding steroid dienone is 2. The number of hydrogen-bond acceptors (Lipinski definition) is 4. The Balaban J connectivity index is 1.81. The number of benzene rings is 1. The highest BCUT2D eigenvalue weighted by Crippen LogP contribution is 2.45. The molecule has 4 nitrogen and oxygen atoms in total. The number of rotatable bonds is 1. The second-order valence-electron chi connectivity index (χ2n) is 6.84. The molecule has 0 saturated carbocycles. The maximum atomic E-state index is 12.4. The van der Waals surface area contributed by atoms with Gasteiger partial charge in [-0.3, -0.25) is 9.79 Å². The van der Waals surface area contributed by atoms with E-state index in [1.807, 2.05) is 49.7 Å². The summed E-state index contributed by atoms with van der Waals surface area (Å²) in [6.45, 7) is 4.30. The molecule has 1 aromatic carbocycles. The average molecular weight is 329 g/mol. The van der Waals surface area contributed by atoms with E-state index in [1.54, 1.807) is 12.3 Å². The number of hydrogen-bond donors (Lipinski definition) is 0. The van der Waals surface area contributed by atoms with Crippen molar-refractivity contribution >= 4 is 23.4 Å². The van der Waals surface area contributed by atoms with Crippen LogP contribution >= 0.6 is 0 Å². The van der Waals surface area contributed by atoms with Gasteiger partial charge >= 0.3 is 0 Å². The Morgan fingerprint density at radius 2 is 1.92 bits per heavy atom. The molecule has 1 aliphatic heterocycles. The van der Waals surface area contributed by atoms with Gasteiger partial charge in [-0.2, -0.15) is 0 Å². The van der Waals surface area contributed by atoms with Crippen LogP contribution in [0.15, 0.2) is 65.6 Å². The van der Waals surface area contributed by atoms with E-state index in [4.69, 9.17) is 0 Å². The first kappa shape index (κ1) is 15.5. The van der Waals surface area contributed by atoms with Crippen molar-refractivity contribution in [3.05, 3.63) is 77.3 Å². The zero-order chi connectivity index (χ0) is 17.6. The molecule has 2 heterocycles. The van der Waals surface area contributed by atoms with Crippen molar-refractivity contribution in [2.24, 2.45) is 4.99 Å². The molecule has 0 spiro atoms. The van der Waals surface area contributed by atoms with Gasteiger partial charge in [-0.25, -0.2) is 4.98 Å². The lowest BCUT2D eigenvalue weighted by Gasteiger charge is -2.23. The van der Waals surface area contributed by atoms with Gasteiger partial charge in [0, 0.05) is 41.7 Å². The average Bonchev–Trinajstić information content (AvgIpc) is 2.81. The third kappa shape index (κ3) is 2.33. The van der Waals surface area contributed by atoms with E-state index in [0.29, 0.717) is 5.71 Å². The first-order valence-corrected chi connectivity index (χ1v) is 8.29. The second-order valence-corrected chi connectivity index (χ2v) is 6.84. The SMILES string of the molecule is CN1/C(=C\N=C2C(=O)C=Cc3ccccc32)C(C)(C)c2cccnc21. The zero-order valence-corrected chi connectivity index (χ0v) is 14.5. The number of nitrogens with zero attached hydrogens (tertiary/aromatic N) is 3. The Labute approximate surface area is 147 Å². The summed E-state index contributed by atoms with van der Waals surface area (Å²) in [5.41, 5.74) is 4.35. The highest BCUT2D eigenvalue weighted by Gasteiger charge is 2.39. The summed E-state index contributed by atoms with van der Waals surface area (Å²) in [7, 11) is 1.99. The molecule has 2 aliphatic rings. The molecule has 0 fully saturated rings. The summed E-state index contributed by atoms with van der Waals surface area (Å²) in [4.78, 5) is 23.5. The second kappa shape index (κ2) is 5.52. The lowest BCUT2D eigenvalue weighted by molar-refractivity contribution is -0.108. The van der Waals surface area contributed by atoms with Crippen LogP contribution in [0.3, 0.4) is 0 Å². The minimum atomic E-state index is -0.213. The fourth-order valence-electron chi connectivity index (χ4n) is 3.57. The Bertz CT molecular complexity index is 967. The highest BCUT2D eigenvalue weighted by atomic mass is 16.1. The van der Waals surface area contributed by atoms with E-state index in [9.17, 15) is 4.79 Å². The van der Waals surface area contributed by atoms with Crippen LogP contribution in [0.5, 0.6) is 0 Å². The zero-order valence-electron chi connectivity index (χ0n) is 14.5. The van der Waals surface area contributed by atoms with Crippen LogP contribution in [0.25, 0.3) is 6.08 Å². The van der Waals surface area contributed by atoms with E-state index >= 15 is 0 Å². The van der Waals surface area contributed by atoms with Gasteiger partial charge in [-0.15, -0.1) is 0 Å².